The van der Waals surface area contributed by atoms with E-state index in [0.29, 0.717) is 0 Å². The Labute approximate surface area is 117 Å². The van der Waals surface area contributed by atoms with Gasteiger partial charge in [-0.15, -0.1) is 0 Å². The minimum Gasteiger partial charge on any atom is -0.375 e. The molecule has 1 amide bonds. The molecule has 0 fully saturated rings. The van der Waals surface area contributed by atoms with Gasteiger partial charge in [0.25, 0.3) is 6.43 Å². The van der Waals surface area contributed by atoms with Gasteiger partial charge in [0.15, 0.2) is 0 Å². The molecule has 1 aromatic carbocycles. The SMILES string of the molecule is CN(C(=O)CCOCC(F)F)[C@@H]1CCc2ccccc21. The average molecular weight is 283 g/mol. The molecule has 0 unspecified atom stereocenters. The van der Waals surface area contributed by atoms with Gasteiger partial charge in [-0.2, -0.15) is 0 Å². The molecule has 1 aliphatic rings. The maximum Gasteiger partial charge on any atom is 0.261 e. The van der Waals surface area contributed by atoms with Crippen molar-refractivity contribution in [3.8, 4) is 0 Å². The van der Waals surface area contributed by atoms with Crippen molar-refractivity contribution < 1.29 is 18.3 Å². The van der Waals surface area contributed by atoms with E-state index in [9.17, 15) is 13.6 Å². The third kappa shape index (κ3) is 3.54. The highest BCUT2D eigenvalue weighted by Crippen LogP contribution is 2.34. The first-order valence-electron chi connectivity index (χ1n) is 6.79. The van der Waals surface area contributed by atoms with Gasteiger partial charge in [-0.05, 0) is 24.0 Å². The van der Waals surface area contributed by atoms with Crippen molar-refractivity contribution >= 4 is 5.91 Å². The van der Waals surface area contributed by atoms with E-state index in [1.165, 1.54) is 11.1 Å². The first kappa shape index (κ1) is 14.9. The average Bonchev–Trinajstić information content (AvgIpc) is 2.86. The molecule has 0 spiro atoms. The molecule has 0 N–H and O–H groups in total. The molecular formula is C15H19F2NO2. The Balaban J connectivity index is 1.85. The van der Waals surface area contributed by atoms with Crippen LogP contribution < -0.4 is 0 Å². The van der Waals surface area contributed by atoms with Gasteiger partial charge in [0, 0.05) is 7.05 Å². The Bertz CT molecular complexity index is 465. The summed E-state index contributed by atoms with van der Waals surface area (Å²) < 4.78 is 28.6. The predicted molar refractivity (Wildman–Crippen MR) is 71.7 cm³/mol. The molecule has 0 aromatic heterocycles. The minimum atomic E-state index is -2.48. The van der Waals surface area contributed by atoms with Crippen molar-refractivity contribution in [2.75, 3.05) is 20.3 Å². The standard InChI is InChI=1S/C15H19F2NO2/c1-18(15(19)8-9-20-10-14(16)17)13-7-6-11-4-2-3-5-12(11)13/h2-5,13-14H,6-10H2,1H3/t13-/m1/s1. The Morgan fingerprint density at radius 2 is 2.20 bits per heavy atom. The van der Waals surface area contributed by atoms with Crippen LogP contribution in [-0.4, -0.2) is 37.5 Å². The largest absolute Gasteiger partial charge is 0.375 e. The molecule has 0 bridgehead atoms. The van der Waals surface area contributed by atoms with Crippen LogP contribution in [-0.2, 0) is 16.0 Å². The summed E-state index contributed by atoms with van der Waals surface area (Å²) in [6, 6.07) is 8.19. The first-order chi connectivity index (χ1) is 9.59. The van der Waals surface area contributed by atoms with E-state index in [0.717, 1.165) is 12.8 Å². The molecule has 0 saturated carbocycles. The molecule has 3 nitrogen and oxygen atoms in total. The normalized spacial score (nSPS) is 17.3. The van der Waals surface area contributed by atoms with Crippen LogP contribution in [0.1, 0.15) is 30.0 Å². The number of amides is 1. The summed E-state index contributed by atoms with van der Waals surface area (Å²) in [6.45, 7) is -0.564. The number of aryl methyl sites for hydroxylation is 1. The second kappa shape index (κ2) is 6.79. The van der Waals surface area contributed by atoms with Crippen LogP contribution in [0.5, 0.6) is 0 Å². The lowest BCUT2D eigenvalue weighted by atomic mass is 10.1. The number of carbonyl (C=O) groups excluding carboxylic acids is 1. The molecule has 5 heteroatoms. The van der Waals surface area contributed by atoms with E-state index in [1.54, 1.807) is 11.9 Å². The number of nitrogens with zero attached hydrogens (tertiary/aromatic N) is 1. The number of fused-ring (bicyclic) bond motifs is 1. The predicted octanol–water partition coefficient (Wildman–Crippen LogP) is 2.80. The topological polar surface area (TPSA) is 29.5 Å². The highest BCUT2D eigenvalue weighted by Gasteiger charge is 2.27. The van der Waals surface area contributed by atoms with Crippen LogP contribution in [0.3, 0.4) is 0 Å². The number of benzene rings is 1. The summed E-state index contributed by atoms with van der Waals surface area (Å²) in [6.07, 6.45) is -0.452. The van der Waals surface area contributed by atoms with Crippen LogP contribution in [0, 0.1) is 0 Å². The number of hydrogen-bond acceptors (Lipinski definition) is 2. The monoisotopic (exact) mass is 283 g/mol. The zero-order valence-corrected chi connectivity index (χ0v) is 11.5. The lowest BCUT2D eigenvalue weighted by molar-refractivity contribution is -0.133. The number of halogens is 2. The molecule has 0 radical (unpaired) electrons. The molecule has 1 aromatic rings. The van der Waals surface area contributed by atoms with E-state index in [1.807, 2.05) is 18.2 Å². The Kier molecular flexibility index (Phi) is 5.06. The van der Waals surface area contributed by atoms with Gasteiger partial charge in [-0.25, -0.2) is 8.78 Å². The fourth-order valence-electron chi connectivity index (χ4n) is 2.62. The van der Waals surface area contributed by atoms with Gasteiger partial charge in [0.1, 0.15) is 6.61 Å². The molecule has 20 heavy (non-hydrogen) atoms. The zero-order valence-electron chi connectivity index (χ0n) is 11.5. The third-order valence-electron chi connectivity index (χ3n) is 3.67. The Morgan fingerprint density at radius 3 is 2.95 bits per heavy atom. The van der Waals surface area contributed by atoms with Gasteiger partial charge in [0.2, 0.25) is 5.91 Å². The highest BCUT2D eigenvalue weighted by atomic mass is 19.3. The fourth-order valence-corrected chi connectivity index (χ4v) is 2.62. The van der Waals surface area contributed by atoms with Crippen LogP contribution >= 0.6 is 0 Å². The number of alkyl halides is 2. The van der Waals surface area contributed by atoms with Crippen LogP contribution in [0.2, 0.25) is 0 Å². The van der Waals surface area contributed by atoms with Crippen LogP contribution in [0.15, 0.2) is 24.3 Å². The maximum atomic E-state index is 12.0. The van der Waals surface area contributed by atoms with Gasteiger partial charge < -0.3 is 9.64 Å². The lowest BCUT2D eigenvalue weighted by Gasteiger charge is -2.25. The maximum absolute atomic E-state index is 12.0. The molecule has 1 aliphatic carbocycles. The van der Waals surface area contributed by atoms with Crippen LogP contribution in [0.4, 0.5) is 8.78 Å². The molecule has 0 aliphatic heterocycles. The molecule has 0 heterocycles. The van der Waals surface area contributed by atoms with Crippen molar-refractivity contribution in [1.29, 1.82) is 0 Å². The quantitative estimate of drug-likeness (QED) is 0.751. The minimum absolute atomic E-state index is 0.0435. The van der Waals surface area contributed by atoms with Crippen molar-refractivity contribution in [2.45, 2.75) is 31.7 Å². The fraction of sp³-hybridized carbons (Fsp3) is 0.533. The highest BCUT2D eigenvalue weighted by molar-refractivity contribution is 5.76. The molecule has 1 atom stereocenters. The van der Waals surface area contributed by atoms with Crippen molar-refractivity contribution in [3.63, 3.8) is 0 Å². The van der Waals surface area contributed by atoms with Crippen molar-refractivity contribution in [3.05, 3.63) is 35.4 Å². The van der Waals surface area contributed by atoms with Gasteiger partial charge in [-0.1, -0.05) is 24.3 Å². The van der Waals surface area contributed by atoms with E-state index in [4.69, 9.17) is 4.74 Å². The second-order valence-corrected chi connectivity index (χ2v) is 4.97. The summed E-state index contributed by atoms with van der Waals surface area (Å²) in [7, 11) is 1.77. The number of carbonyl (C=O) groups is 1. The van der Waals surface area contributed by atoms with Crippen molar-refractivity contribution in [2.24, 2.45) is 0 Å². The summed E-state index contributed by atoms with van der Waals surface area (Å²) >= 11 is 0. The summed E-state index contributed by atoms with van der Waals surface area (Å²) in [5, 5.41) is 0. The second-order valence-electron chi connectivity index (χ2n) is 4.97. The third-order valence-corrected chi connectivity index (χ3v) is 3.67. The van der Waals surface area contributed by atoms with E-state index in [2.05, 4.69) is 6.07 Å². The van der Waals surface area contributed by atoms with E-state index < -0.39 is 13.0 Å². The van der Waals surface area contributed by atoms with E-state index in [-0.39, 0.29) is 25.0 Å². The van der Waals surface area contributed by atoms with Gasteiger partial charge in [-0.3, -0.25) is 4.79 Å². The number of ether oxygens (including phenoxy) is 1. The molecule has 110 valence electrons. The Hall–Kier alpha value is -1.49. The number of rotatable bonds is 6. The zero-order chi connectivity index (χ0) is 14.5. The number of hydrogen-bond donors (Lipinski definition) is 0. The van der Waals surface area contributed by atoms with Crippen molar-refractivity contribution in [1.82, 2.24) is 4.90 Å². The summed E-state index contributed by atoms with van der Waals surface area (Å²) in [5.74, 6) is -0.0685. The van der Waals surface area contributed by atoms with E-state index >= 15 is 0 Å². The first-order valence-corrected chi connectivity index (χ1v) is 6.79. The lowest BCUT2D eigenvalue weighted by Crippen LogP contribution is -2.30. The van der Waals surface area contributed by atoms with Gasteiger partial charge >= 0.3 is 0 Å². The smallest absolute Gasteiger partial charge is 0.261 e. The summed E-state index contributed by atoms with van der Waals surface area (Å²) in [5.41, 5.74) is 2.47. The molecule has 0 saturated heterocycles. The molecular weight excluding hydrogens is 264 g/mol. The Morgan fingerprint density at radius 1 is 1.45 bits per heavy atom. The summed E-state index contributed by atoms with van der Waals surface area (Å²) in [4.78, 5) is 13.7. The molecule has 2 rings (SSSR count). The van der Waals surface area contributed by atoms with Crippen LogP contribution in [0.25, 0.3) is 0 Å². The van der Waals surface area contributed by atoms with Gasteiger partial charge in [0.05, 0.1) is 19.1 Å².